The first-order valence-corrected chi connectivity index (χ1v) is 8.18. The Morgan fingerprint density at radius 3 is 2.96 bits per heavy atom. The van der Waals surface area contributed by atoms with Gasteiger partial charge in [-0.1, -0.05) is 6.07 Å². The van der Waals surface area contributed by atoms with E-state index in [0.717, 1.165) is 35.3 Å². The molecule has 0 aromatic carbocycles. The zero-order valence-corrected chi connectivity index (χ0v) is 13.6. The molecule has 0 radical (unpaired) electrons. The summed E-state index contributed by atoms with van der Waals surface area (Å²) < 4.78 is 10.8. The number of aliphatic imine (C=N–C) groups is 1. The summed E-state index contributed by atoms with van der Waals surface area (Å²) in [5, 5.41) is 8.45. The number of nitrogens with zero attached hydrogens (tertiary/aromatic N) is 2. The molecule has 7 heteroatoms. The molecule has 3 aromatic heterocycles. The van der Waals surface area contributed by atoms with Crippen molar-refractivity contribution in [2.24, 2.45) is 4.99 Å². The molecule has 0 unspecified atom stereocenters. The van der Waals surface area contributed by atoms with Gasteiger partial charge in [-0.3, -0.25) is 4.99 Å². The summed E-state index contributed by atoms with van der Waals surface area (Å²) in [6.07, 6.45) is 4.15. The van der Waals surface area contributed by atoms with Gasteiger partial charge in [-0.2, -0.15) is 0 Å². The van der Waals surface area contributed by atoms with E-state index >= 15 is 0 Å². The highest BCUT2D eigenvalue weighted by Gasteiger charge is 2.08. The number of thiophene rings is 1. The molecule has 0 aliphatic rings. The van der Waals surface area contributed by atoms with Crippen molar-refractivity contribution in [1.82, 2.24) is 15.6 Å². The lowest BCUT2D eigenvalue weighted by Gasteiger charge is -2.09. The predicted molar refractivity (Wildman–Crippen MR) is 90.4 cm³/mol. The van der Waals surface area contributed by atoms with Crippen LogP contribution in [-0.2, 0) is 13.0 Å². The Morgan fingerprint density at radius 1 is 1.26 bits per heavy atom. The molecule has 0 atom stereocenters. The summed E-state index contributed by atoms with van der Waals surface area (Å²) in [6, 6.07) is 7.81. The quantitative estimate of drug-likeness (QED) is 0.537. The summed E-state index contributed by atoms with van der Waals surface area (Å²) in [4.78, 5) is 9.67. The van der Waals surface area contributed by atoms with E-state index in [9.17, 15) is 0 Å². The van der Waals surface area contributed by atoms with E-state index in [4.69, 9.17) is 8.83 Å². The fourth-order valence-electron chi connectivity index (χ4n) is 2.06. The van der Waals surface area contributed by atoms with Crippen molar-refractivity contribution in [3.8, 4) is 10.8 Å². The fourth-order valence-corrected chi connectivity index (χ4v) is 2.71. The second-order valence-electron chi connectivity index (χ2n) is 4.80. The number of oxazole rings is 1. The van der Waals surface area contributed by atoms with Crippen LogP contribution in [0.1, 0.15) is 11.5 Å². The highest BCUT2D eigenvalue weighted by molar-refractivity contribution is 7.13. The molecule has 2 N–H and O–H groups in total. The maximum Gasteiger partial charge on any atom is 0.236 e. The minimum Gasteiger partial charge on any atom is -0.469 e. The van der Waals surface area contributed by atoms with Crippen LogP contribution < -0.4 is 10.6 Å². The number of hydrogen-bond donors (Lipinski definition) is 2. The maximum absolute atomic E-state index is 5.49. The normalized spacial score (nSPS) is 11.6. The monoisotopic (exact) mass is 330 g/mol. The van der Waals surface area contributed by atoms with Gasteiger partial charge in [0.05, 0.1) is 23.4 Å². The molecule has 120 valence electrons. The molecule has 0 amide bonds. The first kappa shape index (κ1) is 15.4. The summed E-state index contributed by atoms with van der Waals surface area (Å²) >= 11 is 1.61. The van der Waals surface area contributed by atoms with E-state index < -0.39 is 0 Å². The van der Waals surface area contributed by atoms with Crippen LogP contribution >= 0.6 is 11.3 Å². The summed E-state index contributed by atoms with van der Waals surface area (Å²) in [5.74, 6) is 2.32. The third-order valence-corrected chi connectivity index (χ3v) is 4.05. The topological polar surface area (TPSA) is 75.6 Å². The molecule has 6 nitrogen and oxygen atoms in total. The molecule has 0 spiro atoms. The van der Waals surface area contributed by atoms with E-state index in [1.54, 1.807) is 30.9 Å². The lowest BCUT2D eigenvalue weighted by molar-refractivity contribution is 0.506. The standard InChI is InChI=1S/C16H18N4O2S/c1-17-16(18-7-6-13-4-2-8-21-13)19-10-12-11-22-15(20-12)14-5-3-9-23-14/h2-5,8-9,11H,6-7,10H2,1H3,(H2,17,18,19). The smallest absolute Gasteiger partial charge is 0.236 e. The number of nitrogens with one attached hydrogen (secondary N) is 2. The minimum absolute atomic E-state index is 0.551. The molecule has 3 aromatic rings. The third kappa shape index (κ3) is 4.23. The average molecular weight is 330 g/mol. The van der Waals surface area contributed by atoms with Crippen LogP contribution in [0, 0.1) is 0 Å². The van der Waals surface area contributed by atoms with E-state index in [0.29, 0.717) is 12.4 Å². The van der Waals surface area contributed by atoms with E-state index in [-0.39, 0.29) is 0 Å². The third-order valence-electron chi connectivity index (χ3n) is 3.19. The number of hydrogen-bond acceptors (Lipinski definition) is 5. The number of guanidine groups is 1. The van der Waals surface area contributed by atoms with Gasteiger partial charge in [0.1, 0.15) is 12.0 Å². The van der Waals surface area contributed by atoms with Gasteiger partial charge in [0.2, 0.25) is 5.89 Å². The van der Waals surface area contributed by atoms with Crippen molar-refractivity contribution < 1.29 is 8.83 Å². The van der Waals surface area contributed by atoms with Crippen LogP contribution in [0.3, 0.4) is 0 Å². The molecular weight excluding hydrogens is 312 g/mol. The largest absolute Gasteiger partial charge is 0.469 e. The van der Waals surface area contributed by atoms with Crippen LogP contribution in [0.4, 0.5) is 0 Å². The van der Waals surface area contributed by atoms with Crippen LogP contribution in [-0.4, -0.2) is 24.5 Å². The molecule has 0 fully saturated rings. The number of furan rings is 1. The zero-order valence-electron chi connectivity index (χ0n) is 12.8. The average Bonchev–Trinajstić information content (AvgIpc) is 3.32. The van der Waals surface area contributed by atoms with Gasteiger partial charge in [-0.05, 0) is 23.6 Å². The number of rotatable bonds is 6. The molecule has 0 bridgehead atoms. The molecule has 3 heterocycles. The van der Waals surface area contributed by atoms with E-state index in [1.807, 2.05) is 29.6 Å². The molecule has 3 rings (SSSR count). The van der Waals surface area contributed by atoms with Crippen molar-refractivity contribution in [2.75, 3.05) is 13.6 Å². The summed E-state index contributed by atoms with van der Waals surface area (Å²) in [5.41, 5.74) is 0.836. The fraction of sp³-hybridized carbons (Fsp3) is 0.250. The van der Waals surface area contributed by atoms with Gasteiger partial charge in [0.25, 0.3) is 0 Å². The first-order valence-electron chi connectivity index (χ1n) is 7.30. The van der Waals surface area contributed by atoms with Gasteiger partial charge >= 0.3 is 0 Å². The van der Waals surface area contributed by atoms with Gasteiger partial charge in [0, 0.05) is 20.0 Å². The Kier molecular flexibility index (Phi) is 5.10. The Morgan fingerprint density at radius 2 is 2.22 bits per heavy atom. The Balaban J connectivity index is 1.46. The minimum atomic E-state index is 0.551. The van der Waals surface area contributed by atoms with Crippen molar-refractivity contribution in [1.29, 1.82) is 0 Å². The molecule has 0 aliphatic carbocycles. The zero-order chi connectivity index (χ0) is 15.9. The van der Waals surface area contributed by atoms with Gasteiger partial charge in [-0.25, -0.2) is 4.98 Å². The Hall–Kier alpha value is -2.54. The molecule has 0 aliphatic heterocycles. The van der Waals surface area contributed by atoms with Crippen LogP contribution in [0.2, 0.25) is 0 Å². The van der Waals surface area contributed by atoms with Gasteiger partial charge < -0.3 is 19.5 Å². The SMILES string of the molecule is CN=C(NCCc1ccco1)NCc1coc(-c2cccs2)n1. The van der Waals surface area contributed by atoms with E-state index in [2.05, 4.69) is 20.6 Å². The van der Waals surface area contributed by atoms with Crippen molar-refractivity contribution in [3.63, 3.8) is 0 Å². The van der Waals surface area contributed by atoms with E-state index in [1.165, 1.54) is 0 Å². The maximum atomic E-state index is 5.49. The van der Waals surface area contributed by atoms with Crippen molar-refractivity contribution >= 4 is 17.3 Å². The van der Waals surface area contributed by atoms with Crippen molar-refractivity contribution in [3.05, 3.63) is 53.6 Å². The molecule has 0 saturated heterocycles. The van der Waals surface area contributed by atoms with Crippen molar-refractivity contribution in [2.45, 2.75) is 13.0 Å². The lowest BCUT2D eigenvalue weighted by atomic mass is 10.3. The van der Waals surface area contributed by atoms with Crippen LogP contribution in [0.15, 0.2) is 56.0 Å². The van der Waals surface area contributed by atoms with Crippen LogP contribution in [0.5, 0.6) is 0 Å². The highest BCUT2D eigenvalue weighted by atomic mass is 32.1. The van der Waals surface area contributed by atoms with Gasteiger partial charge in [-0.15, -0.1) is 11.3 Å². The predicted octanol–water partition coefficient (Wildman–Crippen LogP) is 2.90. The summed E-state index contributed by atoms with van der Waals surface area (Å²) in [6.45, 7) is 1.29. The van der Waals surface area contributed by atoms with Crippen LogP contribution in [0.25, 0.3) is 10.8 Å². The second kappa shape index (κ2) is 7.64. The highest BCUT2D eigenvalue weighted by Crippen LogP contribution is 2.23. The Bertz CT molecular complexity index is 732. The second-order valence-corrected chi connectivity index (χ2v) is 5.75. The molecular formula is C16H18N4O2S. The lowest BCUT2D eigenvalue weighted by Crippen LogP contribution is -2.37. The first-order chi connectivity index (χ1) is 11.3. The van der Waals surface area contributed by atoms with Gasteiger partial charge in [0.15, 0.2) is 5.96 Å². The summed E-state index contributed by atoms with van der Waals surface area (Å²) in [7, 11) is 1.74. The Labute approximate surface area is 138 Å². The molecule has 23 heavy (non-hydrogen) atoms. The number of aromatic nitrogens is 1. The molecule has 0 saturated carbocycles.